The summed E-state index contributed by atoms with van der Waals surface area (Å²) < 4.78 is 0. The molecule has 0 aromatic heterocycles. The van der Waals surface area contributed by atoms with Crippen LogP contribution in [0.5, 0.6) is 0 Å². The van der Waals surface area contributed by atoms with Crippen LogP contribution in [0.25, 0.3) is 0 Å². The highest BCUT2D eigenvalue weighted by Crippen LogP contribution is 2.31. The number of rotatable bonds is 4. The van der Waals surface area contributed by atoms with E-state index in [-0.39, 0.29) is 0 Å². The molecule has 0 spiro atoms. The summed E-state index contributed by atoms with van der Waals surface area (Å²) >= 11 is 2.16. The van der Waals surface area contributed by atoms with E-state index in [1.165, 1.54) is 37.9 Å². The van der Waals surface area contributed by atoms with Crippen molar-refractivity contribution >= 4 is 11.8 Å². The molecule has 0 bridgehead atoms. The maximum atomic E-state index is 2.27. The summed E-state index contributed by atoms with van der Waals surface area (Å²) in [6.07, 6.45) is 7.26. The van der Waals surface area contributed by atoms with Gasteiger partial charge in [-0.15, -0.1) is 0 Å². The van der Waals surface area contributed by atoms with Crippen LogP contribution in [0.1, 0.15) is 39.0 Å². The van der Waals surface area contributed by atoms with Gasteiger partial charge in [0.15, 0.2) is 0 Å². The smallest absolute Gasteiger partial charge is 0.00549 e. The minimum Gasteiger partial charge on any atom is -0.159 e. The highest BCUT2D eigenvalue weighted by atomic mass is 32.2. The molecule has 1 aliphatic rings. The summed E-state index contributed by atoms with van der Waals surface area (Å²) in [4.78, 5) is 0. The summed E-state index contributed by atoms with van der Waals surface area (Å²) in [6, 6.07) is 0. The molecule has 1 saturated heterocycles. The lowest BCUT2D eigenvalue weighted by atomic mass is 10.1. The Bertz CT molecular complexity index is 67.0. The van der Waals surface area contributed by atoms with E-state index in [0.29, 0.717) is 0 Å². The Morgan fingerprint density at radius 1 is 1.44 bits per heavy atom. The monoisotopic (exact) mass is 144 g/mol. The molecule has 1 unspecified atom stereocenters. The summed E-state index contributed by atoms with van der Waals surface area (Å²) in [7, 11) is 0. The third kappa shape index (κ3) is 2.61. The molecule has 0 saturated carbocycles. The highest BCUT2D eigenvalue weighted by Gasteiger charge is 2.16. The molecular formula is C8H16S. The van der Waals surface area contributed by atoms with Gasteiger partial charge in [0, 0.05) is 5.25 Å². The number of hydrogen-bond acceptors (Lipinski definition) is 1. The van der Waals surface area contributed by atoms with Crippen molar-refractivity contribution in [2.24, 2.45) is 0 Å². The SMILES string of the molecule is CCCCCC1CCS1. The van der Waals surface area contributed by atoms with Crippen LogP contribution in [-0.4, -0.2) is 11.0 Å². The molecule has 0 aromatic carbocycles. The number of thioether (sulfide) groups is 1. The molecule has 1 aliphatic heterocycles. The van der Waals surface area contributed by atoms with Crippen LogP contribution in [0.3, 0.4) is 0 Å². The van der Waals surface area contributed by atoms with Crippen LogP contribution in [0.2, 0.25) is 0 Å². The van der Waals surface area contributed by atoms with Gasteiger partial charge in [-0.05, 0) is 18.6 Å². The second-order valence-electron chi connectivity index (χ2n) is 2.78. The first-order chi connectivity index (χ1) is 4.43. The molecule has 0 aliphatic carbocycles. The fourth-order valence-electron chi connectivity index (χ4n) is 1.13. The first kappa shape index (κ1) is 7.46. The van der Waals surface area contributed by atoms with Gasteiger partial charge >= 0.3 is 0 Å². The van der Waals surface area contributed by atoms with E-state index < -0.39 is 0 Å². The fourth-order valence-corrected chi connectivity index (χ4v) is 2.04. The van der Waals surface area contributed by atoms with Gasteiger partial charge in [-0.2, -0.15) is 11.8 Å². The van der Waals surface area contributed by atoms with Gasteiger partial charge in [0.2, 0.25) is 0 Å². The standard InChI is InChI=1S/C8H16S/c1-2-3-4-5-8-6-7-9-8/h8H,2-7H2,1H3. The largest absolute Gasteiger partial charge is 0.159 e. The molecule has 1 atom stereocenters. The molecule has 1 fully saturated rings. The summed E-state index contributed by atoms with van der Waals surface area (Å²) in [5.74, 6) is 1.43. The zero-order valence-electron chi connectivity index (χ0n) is 6.23. The molecule has 1 rings (SSSR count). The Morgan fingerprint density at radius 3 is 2.67 bits per heavy atom. The molecule has 1 heterocycles. The first-order valence-electron chi connectivity index (χ1n) is 4.05. The molecule has 0 N–H and O–H groups in total. The Balaban J connectivity index is 1.80. The fraction of sp³-hybridized carbons (Fsp3) is 1.00. The van der Waals surface area contributed by atoms with Crippen molar-refractivity contribution in [2.75, 3.05) is 5.75 Å². The third-order valence-corrected chi connectivity index (χ3v) is 3.34. The zero-order valence-corrected chi connectivity index (χ0v) is 7.04. The Hall–Kier alpha value is 0.350. The zero-order chi connectivity index (χ0) is 6.53. The van der Waals surface area contributed by atoms with Crippen molar-refractivity contribution < 1.29 is 0 Å². The molecular weight excluding hydrogens is 128 g/mol. The van der Waals surface area contributed by atoms with Crippen molar-refractivity contribution in [1.29, 1.82) is 0 Å². The predicted octanol–water partition coefficient (Wildman–Crippen LogP) is 3.07. The number of hydrogen-bond donors (Lipinski definition) is 0. The second kappa shape index (κ2) is 4.21. The molecule has 54 valence electrons. The van der Waals surface area contributed by atoms with Crippen LogP contribution in [0, 0.1) is 0 Å². The van der Waals surface area contributed by atoms with Crippen molar-refractivity contribution in [3.8, 4) is 0 Å². The predicted molar refractivity (Wildman–Crippen MR) is 45.0 cm³/mol. The molecule has 0 nitrogen and oxygen atoms in total. The number of unbranched alkanes of at least 4 members (excludes halogenated alkanes) is 2. The third-order valence-electron chi connectivity index (χ3n) is 1.92. The lowest BCUT2D eigenvalue weighted by molar-refractivity contribution is 0.621. The maximum absolute atomic E-state index is 2.27. The van der Waals surface area contributed by atoms with Crippen LogP contribution >= 0.6 is 11.8 Å². The maximum Gasteiger partial charge on any atom is 0.00549 e. The van der Waals surface area contributed by atoms with E-state index in [1.54, 1.807) is 0 Å². The van der Waals surface area contributed by atoms with E-state index in [9.17, 15) is 0 Å². The van der Waals surface area contributed by atoms with Gasteiger partial charge < -0.3 is 0 Å². The van der Waals surface area contributed by atoms with Gasteiger partial charge in [-0.3, -0.25) is 0 Å². The Kier molecular flexibility index (Phi) is 3.49. The average molecular weight is 144 g/mol. The average Bonchev–Trinajstić information content (AvgIpc) is 1.76. The summed E-state index contributed by atoms with van der Waals surface area (Å²) in [6.45, 7) is 2.27. The van der Waals surface area contributed by atoms with E-state index in [1.807, 2.05) is 0 Å². The van der Waals surface area contributed by atoms with Gasteiger partial charge in [-0.1, -0.05) is 26.2 Å². The Morgan fingerprint density at radius 2 is 2.22 bits per heavy atom. The minimum absolute atomic E-state index is 1.05. The van der Waals surface area contributed by atoms with E-state index in [4.69, 9.17) is 0 Å². The molecule has 0 radical (unpaired) electrons. The minimum atomic E-state index is 1.05. The van der Waals surface area contributed by atoms with E-state index in [0.717, 1.165) is 5.25 Å². The van der Waals surface area contributed by atoms with Crippen LogP contribution in [-0.2, 0) is 0 Å². The van der Waals surface area contributed by atoms with Crippen molar-refractivity contribution in [3.63, 3.8) is 0 Å². The second-order valence-corrected chi connectivity index (χ2v) is 4.19. The van der Waals surface area contributed by atoms with Crippen molar-refractivity contribution in [2.45, 2.75) is 44.3 Å². The topological polar surface area (TPSA) is 0 Å². The van der Waals surface area contributed by atoms with Gasteiger partial charge in [0.1, 0.15) is 0 Å². The molecule has 0 aromatic rings. The summed E-state index contributed by atoms with van der Waals surface area (Å²) in [5.41, 5.74) is 0. The Labute approximate surface area is 62.4 Å². The van der Waals surface area contributed by atoms with Crippen LogP contribution in [0.15, 0.2) is 0 Å². The molecule has 0 amide bonds. The van der Waals surface area contributed by atoms with Crippen LogP contribution in [0.4, 0.5) is 0 Å². The summed E-state index contributed by atoms with van der Waals surface area (Å²) in [5, 5.41) is 1.05. The first-order valence-corrected chi connectivity index (χ1v) is 5.10. The van der Waals surface area contributed by atoms with Gasteiger partial charge in [-0.25, -0.2) is 0 Å². The quantitative estimate of drug-likeness (QED) is 0.546. The lowest BCUT2D eigenvalue weighted by Crippen LogP contribution is -2.14. The van der Waals surface area contributed by atoms with Crippen molar-refractivity contribution in [3.05, 3.63) is 0 Å². The van der Waals surface area contributed by atoms with Crippen molar-refractivity contribution in [1.82, 2.24) is 0 Å². The normalized spacial score (nSPS) is 25.7. The highest BCUT2D eigenvalue weighted by molar-refractivity contribution is 8.01. The lowest BCUT2D eigenvalue weighted by Gasteiger charge is -2.24. The molecule has 9 heavy (non-hydrogen) atoms. The van der Waals surface area contributed by atoms with Gasteiger partial charge in [0.25, 0.3) is 0 Å². The van der Waals surface area contributed by atoms with Gasteiger partial charge in [0.05, 0.1) is 0 Å². The van der Waals surface area contributed by atoms with Crippen LogP contribution < -0.4 is 0 Å². The van der Waals surface area contributed by atoms with E-state index in [2.05, 4.69) is 18.7 Å². The molecule has 1 heteroatoms. The van der Waals surface area contributed by atoms with E-state index >= 15 is 0 Å².